The molecule has 4 nitrogen and oxygen atoms in total. The van der Waals surface area contributed by atoms with Crippen LogP contribution in [0.2, 0.25) is 5.02 Å². The normalized spacial score (nSPS) is 10.8. The molecule has 3 aromatic carbocycles. The van der Waals surface area contributed by atoms with E-state index in [1.807, 2.05) is 30.3 Å². The Morgan fingerprint density at radius 3 is 2.69 bits per heavy atom. The molecule has 0 atom stereocenters. The summed E-state index contributed by atoms with van der Waals surface area (Å²) in [5.41, 5.74) is 3.30. The van der Waals surface area contributed by atoms with Gasteiger partial charge in [-0.3, -0.25) is 4.79 Å². The highest BCUT2D eigenvalue weighted by Crippen LogP contribution is 2.28. The summed E-state index contributed by atoms with van der Waals surface area (Å²) in [4.78, 5) is 16.8. The van der Waals surface area contributed by atoms with E-state index >= 15 is 0 Å². The monoisotopic (exact) mass is 426 g/mol. The van der Waals surface area contributed by atoms with Crippen LogP contribution in [0.4, 0.5) is 5.69 Å². The molecule has 4 rings (SSSR count). The van der Waals surface area contributed by atoms with Crippen molar-refractivity contribution < 1.29 is 9.21 Å². The van der Waals surface area contributed by atoms with Crippen molar-refractivity contribution in [2.45, 2.75) is 0 Å². The van der Waals surface area contributed by atoms with Gasteiger partial charge < -0.3 is 9.73 Å². The highest BCUT2D eigenvalue weighted by atomic mass is 79.9. The fourth-order valence-electron chi connectivity index (χ4n) is 2.58. The highest BCUT2D eigenvalue weighted by Gasteiger charge is 2.11. The number of benzene rings is 3. The first-order valence-electron chi connectivity index (χ1n) is 7.82. The van der Waals surface area contributed by atoms with Gasteiger partial charge in [-0.25, -0.2) is 4.98 Å². The number of amides is 1. The topological polar surface area (TPSA) is 55.1 Å². The summed E-state index contributed by atoms with van der Waals surface area (Å²) < 4.78 is 6.68. The first kappa shape index (κ1) is 16.8. The van der Waals surface area contributed by atoms with Crippen LogP contribution in [0.5, 0.6) is 0 Å². The molecule has 0 saturated heterocycles. The standard InChI is InChI=1S/C20H12BrClN2O2/c21-14-5-1-3-12(9-14)19(25)23-16-7-8-17-18(11-16)26-20(24-17)13-4-2-6-15(22)10-13/h1-11H,(H,23,25). The molecule has 0 fully saturated rings. The molecule has 0 bridgehead atoms. The number of carbonyl (C=O) groups excluding carboxylic acids is 1. The Bertz CT molecular complexity index is 1120. The minimum absolute atomic E-state index is 0.194. The summed E-state index contributed by atoms with van der Waals surface area (Å²) in [6.07, 6.45) is 0. The minimum Gasteiger partial charge on any atom is -0.436 e. The van der Waals surface area contributed by atoms with Crippen LogP contribution in [-0.4, -0.2) is 10.9 Å². The molecule has 0 aliphatic rings. The maximum Gasteiger partial charge on any atom is 0.255 e. The maximum atomic E-state index is 12.4. The fourth-order valence-corrected chi connectivity index (χ4v) is 3.17. The van der Waals surface area contributed by atoms with E-state index in [1.165, 1.54) is 0 Å². The zero-order chi connectivity index (χ0) is 18.1. The van der Waals surface area contributed by atoms with Crippen LogP contribution in [0.1, 0.15) is 10.4 Å². The fraction of sp³-hybridized carbons (Fsp3) is 0. The van der Waals surface area contributed by atoms with E-state index in [2.05, 4.69) is 26.2 Å². The van der Waals surface area contributed by atoms with Gasteiger partial charge in [-0.15, -0.1) is 0 Å². The molecule has 1 amide bonds. The van der Waals surface area contributed by atoms with Crippen molar-refractivity contribution in [2.24, 2.45) is 0 Å². The molecule has 0 spiro atoms. The summed E-state index contributed by atoms with van der Waals surface area (Å²) >= 11 is 9.39. The number of hydrogen-bond acceptors (Lipinski definition) is 3. The van der Waals surface area contributed by atoms with Gasteiger partial charge in [-0.05, 0) is 48.5 Å². The van der Waals surface area contributed by atoms with E-state index in [1.54, 1.807) is 36.4 Å². The summed E-state index contributed by atoms with van der Waals surface area (Å²) in [6, 6.07) is 19.9. The van der Waals surface area contributed by atoms with Gasteiger partial charge in [0.1, 0.15) is 5.52 Å². The van der Waals surface area contributed by atoms with Crippen LogP contribution in [0, 0.1) is 0 Å². The largest absolute Gasteiger partial charge is 0.436 e. The van der Waals surface area contributed by atoms with Crippen molar-refractivity contribution in [2.75, 3.05) is 5.32 Å². The Morgan fingerprint density at radius 2 is 1.88 bits per heavy atom. The number of nitrogens with one attached hydrogen (secondary N) is 1. The van der Waals surface area contributed by atoms with E-state index < -0.39 is 0 Å². The molecule has 26 heavy (non-hydrogen) atoms. The summed E-state index contributed by atoms with van der Waals surface area (Å²) in [6.45, 7) is 0. The van der Waals surface area contributed by atoms with Gasteiger partial charge in [0.15, 0.2) is 5.58 Å². The molecule has 4 aromatic rings. The number of fused-ring (bicyclic) bond motifs is 1. The lowest BCUT2D eigenvalue weighted by Crippen LogP contribution is -2.11. The lowest BCUT2D eigenvalue weighted by atomic mass is 10.2. The molecule has 0 unspecified atom stereocenters. The second kappa shape index (κ2) is 6.94. The smallest absolute Gasteiger partial charge is 0.255 e. The molecule has 1 heterocycles. The Morgan fingerprint density at radius 1 is 1.04 bits per heavy atom. The van der Waals surface area contributed by atoms with Gasteiger partial charge >= 0.3 is 0 Å². The Labute approximate surface area is 162 Å². The van der Waals surface area contributed by atoms with Crippen molar-refractivity contribution in [3.63, 3.8) is 0 Å². The summed E-state index contributed by atoms with van der Waals surface area (Å²) in [5, 5.41) is 3.48. The quantitative estimate of drug-likeness (QED) is 0.426. The van der Waals surface area contributed by atoms with E-state index in [9.17, 15) is 4.79 Å². The molecular formula is C20H12BrClN2O2. The molecule has 128 valence electrons. The van der Waals surface area contributed by atoms with E-state index in [0.29, 0.717) is 33.3 Å². The van der Waals surface area contributed by atoms with Gasteiger partial charge in [-0.1, -0.05) is 39.7 Å². The summed E-state index contributed by atoms with van der Waals surface area (Å²) in [5.74, 6) is 0.290. The number of carbonyl (C=O) groups is 1. The lowest BCUT2D eigenvalue weighted by Gasteiger charge is -2.05. The van der Waals surface area contributed by atoms with Crippen molar-refractivity contribution >= 4 is 50.2 Å². The van der Waals surface area contributed by atoms with E-state index in [0.717, 1.165) is 10.0 Å². The van der Waals surface area contributed by atoms with E-state index in [4.69, 9.17) is 16.0 Å². The number of nitrogens with zero attached hydrogens (tertiary/aromatic N) is 1. The van der Waals surface area contributed by atoms with Gasteiger partial charge in [0, 0.05) is 32.4 Å². The number of anilines is 1. The number of aromatic nitrogens is 1. The maximum absolute atomic E-state index is 12.4. The first-order valence-corrected chi connectivity index (χ1v) is 8.99. The Kier molecular flexibility index (Phi) is 4.49. The van der Waals surface area contributed by atoms with Crippen LogP contribution in [0.15, 0.2) is 75.6 Å². The number of oxazole rings is 1. The van der Waals surface area contributed by atoms with Gasteiger partial charge in [0.05, 0.1) is 0 Å². The molecule has 6 heteroatoms. The zero-order valence-electron chi connectivity index (χ0n) is 13.4. The molecule has 1 aromatic heterocycles. The third kappa shape index (κ3) is 3.49. The highest BCUT2D eigenvalue weighted by molar-refractivity contribution is 9.10. The second-order valence-corrected chi connectivity index (χ2v) is 7.03. The predicted molar refractivity (Wildman–Crippen MR) is 107 cm³/mol. The van der Waals surface area contributed by atoms with Crippen LogP contribution < -0.4 is 5.32 Å². The average molecular weight is 428 g/mol. The van der Waals surface area contributed by atoms with Crippen LogP contribution in [0.25, 0.3) is 22.6 Å². The zero-order valence-corrected chi connectivity index (χ0v) is 15.7. The second-order valence-electron chi connectivity index (χ2n) is 5.68. The third-order valence-corrected chi connectivity index (χ3v) is 4.53. The first-order chi connectivity index (χ1) is 12.6. The molecule has 0 aliphatic heterocycles. The molecule has 1 N–H and O–H groups in total. The van der Waals surface area contributed by atoms with Gasteiger partial charge in [0.25, 0.3) is 5.91 Å². The van der Waals surface area contributed by atoms with Gasteiger partial charge in [0.2, 0.25) is 5.89 Å². The minimum atomic E-state index is -0.194. The molecule has 0 saturated carbocycles. The van der Waals surface area contributed by atoms with Crippen molar-refractivity contribution in [3.8, 4) is 11.5 Å². The molecular weight excluding hydrogens is 416 g/mol. The van der Waals surface area contributed by atoms with Crippen molar-refractivity contribution in [1.29, 1.82) is 0 Å². The van der Waals surface area contributed by atoms with Crippen LogP contribution >= 0.6 is 27.5 Å². The third-order valence-electron chi connectivity index (χ3n) is 3.80. The number of hydrogen-bond donors (Lipinski definition) is 1. The Hall–Kier alpha value is -2.63. The van der Waals surface area contributed by atoms with Crippen LogP contribution in [-0.2, 0) is 0 Å². The Balaban J connectivity index is 1.62. The number of halogens is 2. The SMILES string of the molecule is O=C(Nc1ccc2nc(-c3cccc(Cl)c3)oc2c1)c1cccc(Br)c1. The van der Waals surface area contributed by atoms with Crippen molar-refractivity contribution in [3.05, 3.63) is 81.8 Å². The lowest BCUT2D eigenvalue weighted by molar-refractivity contribution is 0.102. The van der Waals surface area contributed by atoms with Crippen molar-refractivity contribution in [1.82, 2.24) is 4.98 Å². The predicted octanol–water partition coefficient (Wildman–Crippen LogP) is 6.16. The van der Waals surface area contributed by atoms with Gasteiger partial charge in [-0.2, -0.15) is 0 Å². The molecule has 0 radical (unpaired) electrons. The average Bonchev–Trinajstić information content (AvgIpc) is 3.05. The number of rotatable bonds is 3. The summed E-state index contributed by atoms with van der Waals surface area (Å²) in [7, 11) is 0. The van der Waals surface area contributed by atoms with Crippen LogP contribution in [0.3, 0.4) is 0 Å². The molecule has 0 aliphatic carbocycles. The van der Waals surface area contributed by atoms with E-state index in [-0.39, 0.29) is 5.91 Å².